The van der Waals surface area contributed by atoms with E-state index in [1.165, 1.54) is 4.90 Å². The van der Waals surface area contributed by atoms with E-state index in [0.29, 0.717) is 11.3 Å². The summed E-state index contributed by atoms with van der Waals surface area (Å²) in [6, 6.07) is 16.5. The van der Waals surface area contributed by atoms with Crippen molar-refractivity contribution in [3.63, 3.8) is 0 Å². The van der Waals surface area contributed by atoms with Crippen LogP contribution in [-0.2, 0) is 9.53 Å². The molecule has 0 saturated heterocycles. The van der Waals surface area contributed by atoms with E-state index in [1.807, 2.05) is 44.2 Å². The number of benzene rings is 2. The minimum atomic E-state index is -0.956. The second kappa shape index (κ2) is 8.82. The molecule has 0 fully saturated rings. The van der Waals surface area contributed by atoms with Crippen molar-refractivity contribution in [2.75, 3.05) is 11.4 Å². The molecular formula is C21H22N2O3. The number of amides is 1. The Morgan fingerprint density at radius 2 is 1.73 bits per heavy atom. The van der Waals surface area contributed by atoms with Gasteiger partial charge in [0.15, 0.2) is 6.10 Å². The van der Waals surface area contributed by atoms with Crippen LogP contribution >= 0.6 is 0 Å². The van der Waals surface area contributed by atoms with Gasteiger partial charge in [0.05, 0.1) is 18.1 Å². The molecule has 1 amide bonds. The van der Waals surface area contributed by atoms with Gasteiger partial charge < -0.3 is 9.64 Å². The fourth-order valence-corrected chi connectivity index (χ4v) is 2.73. The molecule has 0 N–H and O–H groups in total. The summed E-state index contributed by atoms with van der Waals surface area (Å²) in [5, 5.41) is 8.86. The maximum atomic E-state index is 12.8. The molecule has 2 aromatic carbocycles. The summed E-state index contributed by atoms with van der Waals surface area (Å²) in [6.45, 7) is 5.59. The van der Waals surface area contributed by atoms with Crippen molar-refractivity contribution in [1.29, 1.82) is 5.26 Å². The Labute approximate surface area is 153 Å². The van der Waals surface area contributed by atoms with Crippen molar-refractivity contribution in [3.8, 4) is 6.07 Å². The molecule has 5 heteroatoms. The van der Waals surface area contributed by atoms with Crippen LogP contribution in [0.15, 0.2) is 48.5 Å². The van der Waals surface area contributed by atoms with Crippen molar-refractivity contribution in [1.82, 2.24) is 0 Å². The molecule has 0 spiro atoms. The van der Waals surface area contributed by atoms with E-state index in [-0.39, 0.29) is 18.9 Å². The number of carbonyl (C=O) groups excluding carboxylic acids is 2. The minimum Gasteiger partial charge on any atom is -0.449 e. The summed E-state index contributed by atoms with van der Waals surface area (Å²) >= 11 is 0. The van der Waals surface area contributed by atoms with Crippen molar-refractivity contribution < 1.29 is 14.3 Å². The fourth-order valence-electron chi connectivity index (χ4n) is 2.73. The number of anilines is 1. The van der Waals surface area contributed by atoms with E-state index in [4.69, 9.17) is 10.00 Å². The van der Waals surface area contributed by atoms with Crippen LogP contribution in [-0.4, -0.2) is 24.5 Å². The monoisotopic (exact) mass is 350 g/mol. The Hall–Kier alpha value is -3.13. The molecule has 26 heavy (non-hydrogen) atoms. The SMILES string of the molecule is Cc1cc(C)cc(C(=O)OC(C)C(=O)N(CCC#N)c2ccccc2)c1. The summed E-state index contributed by atoms with van der Waals surface area (Å²) in [5.41, 5.74) is 3.00. The smallest absolute Gasteiger partial charge is 0.338 e. The Balaban J connectivity index is 2.15. The molecule has 2 rings (SSSR count). The van der Waals surface area contributed by atoms with Crippen LogP contribution in [0.2, 0.25) is 0 Å². The molecule has 0 bridgehead atoms. The van der Waals surface area contributed by atoms with Crippen molar-refractivity contribution in [2.45, 2.75) is 33.3 Å². The highest BCUT2D eigenvalue weighted by atomic mass is 16.5. The zero-order chi connectivity index (χ0) is 19.1. The molecular weight excluding hydrogens is 328 g/mol. The predicted octanol–water partition coefficient (Wildman–Crippen LogP) is 3.80. The van der Waals surface area contributed by atoms with Gasteiger partial charge in [0.25, 0.3) is 5.91 Å². The standard InChI is InChI=1S/C21H22N2O3/c1-15-12-16(2)14-18(13-15)21(25)26-17(3)20(24)23(11-7-10-22)19-8-5-4-6-9-19/h4-6,8-9,12-14,17H,7,11H2,1-3H3. The molecule has 0 aliphatic rings. The Kier molecular flexibility index (Phi) is 6.51. The molecule has 0 saturated carbocycles. The number of esters is 1. The highest BCUT2D eigenvalue weighted by molar-refractivity contribution is 5.99. The predicted molar refractivity (Wildman–Crippen MR) is 99.8 cm³/mol. The van der Waals surface area contributed by atoms with E-state index in [9.17, 15) is 9.59 Å². The average molecular weight is 350 g/mol. The zero-order valence-corrected chi connectivity index (χ0v) is 15.2. The fraction of sp³-hybridized carbons (Fsp3) is 0.286. The van der Waals surface area contributed by atoms with Crippen molar-refractivity contribution >= 4 is 17.6 Å². The maximum absolute atomic E-state index is 12.8. The Morgan fingerprint density at radius 3 is 2.31 bits per heavy atom. The van der Waals surface area contributed by atoms with Crippen LogP contribution in [0.1, 0.15) is 34.8 Å². The van der Waals surface area contributed by atoms with Crippen LogP contribution in [0.4, 0.5) is 5.69 Å². The highest BCUT2D eigenvalue weighted by Gasteiger charge is 2.25. The lowest BCUT2D eigenvalue weighted by Crippen LogP contribution is -2.40. The van der Waals surface area contributed by atoms with Crippen LogP contribution in [0.25, 0.3) is 0 Å². The number of hydrogen-bond donors (Lipinski definition) is 0. The Morgan fingerprint density at radius 1 is 1.12 bits per heavy atom. The molecule has 0 heterocycles. The van der Waals surface area contributed by atoms with Crippen molar-refractivity contribution in [2.24, 2.45) is 0 Å². The van der Waals surface area contributed by atoms with Gasteiger partial charge in [-0.1, -0.05) is 35.4 Å². The highest BCUT2D eigenvalue weighted by Crippen LogP contribution is 2.17. The van der Waals surface area contributed by atoms with Gasteiger partial charge in [-0.2, -0.15) is 5.26 Å². The van der Waals surface area contributed by atoms with Gasteiger partial charge in [-0.3, -0.25) is 4.79 Å². The second-order valence-electron chi connectivity index (χ2n) is 6.16. The number of aryl methyl sites for hydroxylation is 2. The van der Waals surface area contributed by atoms with Gasteiger partial charge in [-0.25, -0.2) is 4.79 Å². The lowest BCUT2D eigenvalue weighted by molar-refractivity contribution is -0.126. The number of rotatable bonds is 6. The molecule has 0 radical (unpaired) electrons. The third kappa shape index (κ3) is 4.93. The lowest BCUT2D eigenvalue weighted by Gasteiger charge is -2.25. The van der Waals surface area contributed by atoms with Gasteiger partial charge in [0.1, 0.15) is 0 Å². The molecule has 1 unspecified atom stereocenters. The molecule has 0 aliphatic heterocycles. The zero-order valence-electron chi connectivity index (χ0n) is 15.2. The lowest BCUT2D eigenvalue weighted by atomic mass is 10.1. The maximum Gasteiger partial charge on any atom is 0.338 e. The average Bonchev–Trinajstić information content (AvgIpc) is 2.61. The third-order valence-corrected chi connectivity index (χ3v) is 3.87. The summed E-state index contributed by atoms with van der Waals surface area (Å²) in [4.78, 5) is 26.7. The van der Waals surface area contributed by atoms with Gasteiger partial charge in [-0.05, 0) is 45.0 Å². The van der Waals surface area contributed by atoms with E-state index in [1.54, 1.807) is 31.2 Å². The number of para-hydroxylation sites is 1. The van der Waals surface area contributed by atoms with E-state index >= 15 is 0 Å². The normalized spacial score (nSPS) is 11.3. The molecule has 1 atom stereocenters. The summed E-state index contributed by atoms with van der Waals surface area (Å²) in [5.74, 6) is -0.893. The molecule has 5 nitrogen and oxygen atoms in total. The molecule has 134 valence electrons. The Bertz CT molecular complexity index is 805. The first kappa shape index (κ1) is 19.2. The summed E-state index contributed by atoms with van der Waals surface area (Å²) < 4.78 is 5.38. The molecule has 0 aliphatic carbocycles. The molecule has 0 aromatic heterocycles. The number of carbonyl (C=O) groups is 2. The number of nitrogens with zero attached hydrogens (tertiary/aromatic N) is 2. The molecule has 2 aromatic rings. The number of nitriles is 1. The van der Waals surface area contributed by atoms with Gasteiger partial charge in [0.2, 0.25) is 0 Å². The third-order valence-electron chi connectivity index (χ3n) is 3.87. The second-order valence-corrected chi connectivity index (χ2v) is 6.16. The van der Waals surface area contributed by atoms with Gasteiger partial charge in [-0.15, -0.1) is 0 Å². The first-order valence-electron chi connectivity index (χ1n) is 8.45. The largest absolute Gasteiger partial charge is 0.449 e. The van der Waals surface area contributed by atoms with E-state index in [0.717, 1.165) is 11.1 Å². The minimum absolute atomic E-state index is 0.193. The van der Waals surface area contributed by atoms with E-state index in [2.05, 4.69) is 0 Å². The van der Waals surface area contributed by atoms with Gasteiger partial charge in [0, 0.05) is 12.2 Å². The topological polar surface area (TPSA) is 70.4 Å². The van der Waals surface area contributed by atoms with Crippen LogP contribution in [0.3, 0.4) is 0 Å². The first-order chi connectivity index (χ1) is 12.4. The quantitative estimate of drug-likeness (QED) is 0.743. The summed E-state index contributed by atoms with van der Waals surface area (Å²) in [7, 11) is 0. The number of hydrogen-bond acceptors (Lipinski definition) is 4. The van der Waals surface area contributed by atoms with Crippen LogP contribution < -0.4 is 4.90 Å². The van der Waals surface area contributed by atoms with Crippen LogP contribution in [0, 0.1) is 25.2 Å². The van der Waals surface area contributed by atoms with Crippen molar-refractivity contribution in [3.05, 3.63) is 65.2 Å². The summed E-state index contributed by atoms with van der Waals surface area (Å²) in [6.07, 6.45) is -0.763. The van der Waals surface area contributed by atoms with Crippen LogP contribution in [0.5, 0.6) is 0 Å². The number of ether oxygens (including phenoxy) is 1. The van der Waals surface area contributed by atoms with Gasteiger partial charge >= 0.3 is 5.97 Å². The van der Waals surface area contributed by atoms with E-state index < -0.39 is 12.1 Å². The first-order valence-corrected chi connectivity index (χ1v) is 8.45.